The average molecular weight is 419 g/mol. The van der Waals surface area contributed by atoms with Crippen LogP contribution in [0.4, 0.5) is 9.52 Å². The van der Waals surface area contributed by atoms with Crippen molar-refractivity contribution in [1.82, 2.24) is 4.98 Å². The molecule has 1 heterocycles. The lowest BCUT2D eigenvalue weighted by Gasteiger charge is -2.08. The zero-order valence-electron chi connectivity index (χ0n) is 15.4. The maximum Gasteiger partial charge on any atom is 0.226 e. The van der Waals surface area contributed by atoms with Gasteiger partial charge >= 0.3 is 0 Å². The Balaban J connectivity index is 1.55. The Labute approximate surface area is 170 Å². The van der Waals surface area contributed by atoms with Crippen molar-refractivity contribution in [2.75, 3.05) is 25.3 Å². The number of nitrogens with zero attached hydrogens (tertiary/aromatic N) is 1. The number of thioether (sulfide) groups is 1. The molecule has 0 fully saturated rings. The summed E-state index contributed by atoms with van der Waals surface area (Å²) in [5, 5.41) is 5.24. The van der Waals surface area contributed by atoms with Crippen LogP contribution in [0.25, 0.3) is 11.3 Å². The minimum Gasteiger partial charge on any atom is -0.493 e. The number of nitrogens with one attached hydrogen (secondary N) is 1. The molecular weight excluding hydrogens is 399 g/mol. The molecule has 1 amide bonds. The third kappa shape index (κ3) is 5.24. The first-order valence-electron chi connectivity index (χ1n) is 8.45. The molecule has 0 unspecified atom stereocenters. The van der Waals surface area contributed by atoms with E-state index in [0.717, 1.165) is 16.2 Å². The lowest BCUT2D eigenvalue weighted by molar-refractivity contribution is -0.115. The molecule has 0 aliphatic heterocycles. The third-order valence-electron chi connectivity index (χ3n) is 3.84. The number of halogens is 1. The van der Waals surface area contributed by atoms with Gasteiger partial charge in [-0.2, -0.15) is 0 Å². The van der Waals surface area contributed by atoms with E-state index < -0.39 is 0 Å². The molecule has 1 N–H and O–H groups in total. The Morgan fingerprint density at radius 1 is 1.14 bits per heavy atom. The fourth-order valence-corrected chi connectivity index (χ4v) is 4.02. The Morgan fingerprint density at radius 3 is 2.61 bits per heavy atom. The summed E-state index contributed by atoms with van der Waals surface area (Å²) in [6.45, 7) is 0. The highest BCUT2D eigenvalue weighted by atomic mass is 32.2. The molecule has 0 aliphatic carbocycles. The van der Waals surface area contributed by atoms with Crippen LogP contribution in [0.2, 0.25) is 0 Å². The minimum atomic E-state index is -0.267. The second-order valence-electron chi connectivity index (χ2n) is 5.71. The smallest absolute Gasteiger partial charge is 0.226 e. The molecule has 0 bridgehead atoms. The fraction of sp³-hybridized carbons (Fsp3) is 0.200. The number of hydrogen-bond donors (Lipinski definition) is 1. The molecule has 146 valence electrons. The van der Waals surface area contributed by atoms with Crippen molar-refractivity contribution in [3.63, 3.8) is 0 Å². The highest BCUT2D eigenvalue weighted by Crippen LogP contribution is 2.33. The number of rotatable bonds is 8. The van der Waals surface area contributed by atoms with Crippen molar-refractivity contribution < 1.29 is 18.7 Å². The number of methoxy groups -OCH3 is 2. The molecule has 2 aromatic carbocycles. The van der Waals surface area contributed by atoms with Gasteiger partial charge in [-0.3, -0.25) is 4.79 Å². The van der Waals surface area contributed by atoms with Crippen LogP contribution in [0, 0.1) is 5.82 Å². The Morgan fingerprint density at radius 2 is 1.89 bits per heavy atom. The number of amides is 1. The van der Waals surface area contributed by atoms with Gasteiger partial charge in [0.1, 0.15) is 5.82 Å². The molecule has 28 heavy (non-hydrogen) atoms. The van der Waals surface area contributed by atoms with Crippen LogP contribution < -0.4 is 14.8 Å². The van der Waals surface area contributed by atoms with Crippen molar-refractivity contribution in [1.29, 1.82) is 0 Å². The van der Waals surface area contributed by atoms with Gasteiger partial charge in [-0.25, -0.2) is 9.37 Å². The first-order chi connectivity index (χ1) is 13.6. The van der Waals surface area contributed by atoms with E-state index in [9.17, 15) is 9.18 Å². The first kappa shape index (κ1) is 20.2. The number of carbonyl (C=O) groups excluding carboxylic acids is 1. The SMILES string of the molecule is COc1ccc(-c2csc(NC(=O)CCSc3ccc(F)cc3)n2)cc1OC. The van der Waals surface area contributed by atoms with Gasteiger partial charge in [0.2, 0.25) is 5.91 Å². The Hall–Kier alpha value is -2.58. The van der Waals surface area contributed by atoms with Crippen LogP contribution in [-0.2, 0) is 4.79 Å². The Bertz CT molecular complexity index is 945. The molecule has 0 spiro atoms. The highest BCUT2D eigenvalue weighted by Gasteiger charge is 2.11. The van der Waals surface area contributed by atoms with Gasteiger partial charge in [0, 0.05) is 28.0 Å². The second-order valence-corrected chi connectivity index (χ2v) is 7.73. The van der Waals surface area contributed by atoms with Gasteiger partial charge in [0.05, 0.1) is 19.9 Å². The normalized spacial score (nSPS) is 10.5. The first-order valence-corrected chi connectivity index (χ1v) is 10.3. The van der Waals surface area contributed by atoms with Crippen LogP contribution in [0.1, 0.15) is 6.42 Å². The summed E-state index contributed by atoms with van der Waals surface area (Å²) in [4.78, 5) is 17.5. The van der Waals surface area contributed by atoms with Gasteiger partial charge in [0.25, 0.3) is 0 Å². The van der Waals surface area contributed by atoms with Gasteiger partial charge in [-0.05, 0) is 42.5 Å². The highest BCUT2D eigenvalue weighted by molar-refractivity contribution is 7.99. The quantitative estimate of drug-likeness (QED) is 0.517. The summed E-state index contributed by atoms with van der Waals surface area (Å²) in [6.07, 6.45) is 0.341. The van der Waals surface area contributed by atoms with Crippen molar-refractivity contribution in [3.05, 3.63) is 53.7 Å². The molecule has 0 atom stereocenters. The summed E-state index contributed by atoms with van der Waals surface area (Å²) in [5.41, 5.74) is 1.63. The predicted octanol–water partition coefficient (Wildman–Crippen LogP) is 5.09. The van der Waals surface area contributed by atoms with Crippen molar-refractivity contribution >= 4 is 34.1 Å². The van der Waals surface area contributed by atoms with Crippen LogP contribution in [0.3, 0.4) is 0 Å². The van der Waals surface area contributed by atoms with E-state index in [2.05, 4.69) is 10.3 Å². The van der Waals surface area contributed by atoms with E-state index in [1.54, 1.807) is 26.4 Å². The van der Waals surface area contributed by atoms with Gasteiger partial charge in [0.15, 0.2) is 16.6 Å². The van der Waals surface area contributed by atoms with Crippen molar-refractivity contribution in [3.8, 4) is 22.8 Å². The van der Waals surface area contributed by atoms with E-state index in [1.807, 2.05) is 23.6 Å². The van der Waals surface area contributed by atoms with Gasteiger partial charge < -0.3 is 14.8 Å². The van der Waals surface area contributed by atoms with E-state index in [-0.39, 0.29) is 11.7 Å². The maximum absolute atomic E-state index is 12.9. The summed E-state index contributed by atoms with van der Waals surface area (Å²) >= 11 is 2.87. The number of anilines is 1. The van der Waals surface area contributed by atoms with Gasteiger partial charge in [-0.1, -0.05) is 0 Å². The molecule has 8 heteroatoms. The minimum absolute atomic E-state index is 0.108. The van der Waals surface area contributed by atoms with Crippen LogP contribution in [0.5, 0.6) is 11.5 Å². The lowest BCUT2D eigenvalue weighted by Crippen LogP contribution is -2.11. The number of thiazole rings is 1. The van der Waals surface area contributed by atoms with E-state index in [0.29, 0.717) is 28.8 Å². The molecule has 0 saturated carbocycles. The lowest BCUT2D eigenvalue weighted by atomic mass is 10.1. The van der Waals surface area contributed by atoms with Crippen molar-refractivity contribution in [2.45, 2.75) is 11.3 Å². The topological polar surface area (TPSA) is 60.5 Å². The average Bonchev–Trinajstić information content (AvgIpc) is 3.17. The second kappa shape index (κ2) is 9.57. The molecule has 5 nitrogen and oxygen atoms in total. The molecule has 0 aliphatic rings. The molecule has 3 aromatic rings. The number of benzene rings is 2. The summed E-state index contributed by atoms with van der Waals surface area (Å²) in [7, 11) is 3.17. The Kier molecular flexibility index (Phi) is 6.89. The largest absolute Gasteiger partial charge is 0.493 e. The summed E-state index contributed by atoms with van der Waals surface area (Å²) in [5.74, 6) is 1.50. The van der Waals surface area contributed by atoms with E-state index >= 15 is 0 Å². The number of hydrogen-bond acceptors (Lipinski definition) is 6. The molecule has 1 aromatic heterocycles. The van der Waals surface area contributed by atoms with Crippen LogP contribution >= 0.6 is 23.1 Å². The zero-order valence-corrected chi connectivity index (χ0v) is 17.0. The van der Waals surface area contributed by atoms with E-state index in [4.69, 9.17) is 9.47 Å². The summed E-state index contributed by atoms with van der Waals surface area (Å²) in [6, 6.07) is 11.8. The third-order valence-corrected chi connectivity index (χ3v) is 5.61. The molecule has 3 rings (SSSR count). The number of aromatic nitrogens is 1. The number of carbonyl (C=O) groups is 1. The van der Waals surface area contributed by atoms with Crippen molar-refractivity contribution in [2.24, 2.45) is 0 Å². The maximum atomic E-state index is 12.9. The van der Waals surface area contributed by atoms with Gasteiger partial charge in [-0.15, -0.1) is 23.1 Å². The monoisotopic (exact) mass is 418 g/mol. The number of ether oxygens (including phenoxy) is 2. The fourth-order valence-electron chi connectivity index (χ4n) is 2.43. The predicted molar refractivity (Wildman–Crippen MR) is 111 cm³/mol. The standard InChI is InChI=1S/C20H19FN2O3S2/c1-25-17-8-3-13(11-18(17)26-2)16-12-28-20(22-16)23-19(24)9-10-27-15-6-4-14(21)5-7-15/h3-8,11-12H,9-10H2,1-2H3,(H,22,23,24). The summed E-state index contributed by atoms with van der Waals surface area (Å²) < 4.78 is 23.4. The molecule has 0 radical (unpaired) electrons. The van der Waals surface area contributed by atoms with Crippen LogP contribution in [-0.4, -0.2) is 30.9 Å². The van der Waals surface area contributed by atoms with Crippen LogP contribution in [0.15, 0.2) is 52.7 Å². The zero-order chi connectivity index (χ0) is 19.9. The molecule has 0 saturated heterocycles. The molecular formula is C20H19FN2O3S2. The van der Waals surface area contributed by atoms with E-state index in [1.165, 1.54) is 35.2 Å².